The van der Waals surface area contributed by atoms with Crippen LogP contribution in [0.25, 0.3) is 0 Å². The number of thioether (sulfide) groups is 1. The standard InChI is InChI=1S/C11H15FN2S/c12-9-1-2-10(13)11(5-9)15-4-3-8-6-14-7-8/h1-2,5,8,14H,3-4,6-7,13H2. The average Bonchev–Trinajstić information content (AvgIpc) is 2.15. The largest absolute Gasteiger partial charge is 0.398 e. The molecule has 0 spiro atoms. The minimum Gasteiger partial charge on any atom is -0.398 e. The number of halogens is 1. The first-order valence-electron chi connectivity index (χ1n) is 5.14. The van der Waals surface area contributed by atoms with Crippen molar-refractivity contribution in [3.63, 3.8) is 0 Å². The molecule has 0 atom stereocenters. The number of nitrogens with one attached hydrogen (secondary N) is 1. The number of nitrogen functional groups attached to an aromatic ring is 1. The summed E-state index contributed by atoms with van der Waals surface area (Å²) in [5, 5.41) is 3.24. The quantitative estimate of drug-likeness (QED) is 0.610. The second-order valence-corrected chi connectivity index (χ2v) is 4.98. The van der Waals surface area contributed by atoms with Crippen molar-refractivity contribution in [2.75, 3.05) is 24.6 Å². The van der Waals surface area contributed by atoms with Crippen molar-refractivity contribution in [3.05, 3.63) is 24.0 Å². The molecule has 0 saturated carbocycles. The van der Waals surface area contributed by atoms with E-state index in [0.717, 1.165) is 29.7 Å². The number of rotatable bonds is 4. The molecular formula is C11H15FN2S. The highest BCUT2D eigenvalue weighted by Crippen LogP contribution is 2.27. The molecule has 15 heavy (non-hydrogen) atoms. The molecular weight excluding hydrogens is 211 g/mol. The van der Waals surface area contributed by atoms with Gasteiger partial charge >= 0.3 is 0 Å². The van der Waals surface area contributed by atoms with Gasteiger partial charge in [0.2, 0.25) is 0 Å². The zero-order valence-electron chi connectivity index (χ0n) is 8.50. The van der Waals surface area contributed by atoms with Crippen molar-refractivity contribution >= 4 is 17.4 Å². The Hall–Kier alpha value is -0.740. The smallest absolute Gasteiger partial charge is 0.124 e. The molecule has 2 nitrogen and oxygen atoms in total. The van der Waals surface area contributed by atoms with Crippen molar-refractivity contribution in [1.29, 1.82) is 0 Å². The molecule has 2 rings (SSSR count). The molecule has 3 N–H and O–H groups in total. The van der Waals surface area contributed by atoms with Crippen molar-refractivity contribution in [2.45, 2.75) is 11.3 Å². The van der Waals surface area contributed by atoms with Gasteiger partial charge in [0.1, 0.15) is 5.82 Å². The summed E-state index contributed by atoms with van der Waals surface area (Å²) in [4.78, 5) is 0.863. The predicted octanol–water partition coefficient (Wildman–Crippen LogP) is 2.11. The van der Waals surface area contributed by atoms with Crippen LogP contribution in [0.15, 0.2) is 23.1 Å². The van der Waals surface area contributed by atoms with Crippen LogP contribution in [0.4, 0.5) is 10.1 Å². The Morgan fingerprint density at radius 2 is 2.27 bits per heavy atom. The fraction of sp³-hybridized carbons (Fsp3) is 0.455. The summed E-state index contributed by atoms with van der Waals surface area (Å²) >= 11 is 1.65. The third-order valence-corrected chi connectivity index (χ3v) is 3.73. The van der Waals surface area contributed by atoms with Gasteiger partial charge in [0.15, 0.2) is 0 Å². The SMILES string of the molecule is Nc1ccc(F)cc1SCCC1CNC1. The summed E-state index contributed by atoms with van der Waals surface area (Å²) in [7, 11) is 0. The minimum atomic E-state index is -0.211. The van der Waals surface area contributed by atoms with Crippen molar-refractivity contribution in [3.8, 4) is 0 Å². The topological polar surface area (TPSA) is 38.0 Å². The maximum absolute atomic E-state index is 12.9. The molecule has 0 bridgehead atoms. The van der Waals surface area contributed by atoms with Gasteiger partial charge in [-0.15, -0.1) is 11.8 Å². The monoisotopic (exact) mass is 226 g/mol. The van der Waals surface area contributed by atoms with Crippen LogP contribution in [0.3, 0.4) is 0 Å². The van der Waals surface area contributed by atoms with E-state index in [1.807, 2.05) is 0 Å². The zero-order chi connectivity index (χ0) is 10.7. The molecule has 0 aliphatic carbocycles. The van der Waals surface area contributed by atoms with Crippen LogP contribution in [0.1, 0.15) is 6.42 Å². The van der Waals surface area contributed by atoms with E-state index in [1.165, 1.54) is 18.6 Å². The number of anilines is 1. The average molecular weight is 226 g/mol. The van der Waals surface area contributed by atoms with E-state index in [1.54, 1.807) is 17.8 Å². The van der Waals surface area contributed by atoms with Crippen LogP contribution in [0.5, 0.6) is 0 Å². The van der Waals surface area contributed by atoms with Crippen LogP contribution in [0.2, 0.25) is 0 Å². The van der Waals surface area contributed by atoms with E-state index in [-0.39, 0.29) is 5.82 Å². The molecule has 0 aromatic heterocycles. The highest BCUT2D eigenvalue weighted by atomic mass is 32.2. The third kappa shape index (κ3) is 2.86. The van der Waals surface area contributed by atoms with Gasteiger partial charge in [-0.05, 0) is 49.4 Å². The number of hydrogen-bond donors (Lipinski definition) is 2. The molecule has 0 radical (unpaired) electrons. The lowest BCUT2D eigenvalue weighted by Crippen LogP contribution is -2.42. The molecule has 0 amide bonds. The fourth-order valence-electron chi connectivity index (χ4n) is 1.52. The third-order valence-electron chi connectivity index (χ3n) is 2.63. The Balaban J connectivity index is 1.83. The minimum absolute atomic E-state index is 0.211. The van der Waals surface area contributed by atoms with Gasteiger partial charge in [0.25, 0.3) is 0 Å². The molecule has 0 unspecified atom stereocenters. The maximum atomic E-state index is 12.9. The molecule has 1 saturated heterocycles. The highest BCUT2D eigenvalue weighted by molar-refractivity contribution is 7.99. The summed E-state index contributed by atoms with van der Waals surface area (Å²) in [5.74, 6) is 1.60. The summed E-state index contributed by atoms with van der Waals surface area (Å²) < 4.78 is 12.9. The van der Waals surface area contributed by atoms with Crippen LogP contribution in [-0.4, -0.2) is 18.8 Å². The molecule has 1 aromatic rings. The Bertz CT molecular complexity index is 339. The second kappa shape index (κ2) is 4.86. The summed E-state index contributed by atoms with van der Waals surface area (Å²) in [6.45, 7) is 2.25. The van der Waals surface area contributed by atoms with E-state index < -0.39 is 0 Å². The summed E-state index contributed by atoms with van der Waals surface area (Å²) in [6, 6.07) is 4.54. The Morgan fingerprint density at radius 1 is 1.47 bits per heavy atom. The fourth-order valence-corrected chi connectivity index (χ4v) is 2.62. The second-order valence-electron chi connectivity index (χ2n) is 3.84. The first kappa shape index (κ1) is 10.8. The van der Waals surface area contributed by atoms with Crippen molar-refractivity contribution in [1.82, 2.24) is 5.32 Å². The first-order valence-corrected chi connectivity index (χ1v) is 6.13. The summed E-state index contributed by atoms with van der Waals surface area (Å²) in [6.07, 6.45) is 1.17. The summed E-state index contributed by atoms with van der Waals surface area (Å²) in [5.41, 5.74) is 6.43. The van der Waals surface area contributed by atoms with E-state index in [0.29, 0.717) is 5.69 Å². The van der Waals surface area contributed by atoms with Crippen LogP contribution in [-0.2, 0) is 0 Å². The molecule has 1 fully saturated rings. The van der Waals surface area contributed by atoms with Crippen LogP contribution < -0.4 is 11.1 Å². The van der Waals surface area contributed by atoms with Crippen LogP contribution in [0, 0.1) is 11.7 Å². The van der Waals surface area contributed by atoms with Gasteiger partial charge in [-0.25, -0.2) is 4.39 Å². The zero-order valence-corrected chi connectivity index (χ0v) is 9.32. The van der Waals surface area contributed by atoms with Gasteiger partial charge < -0.3 is 11.1 Å². The van der Waals surface area contributed by atoms with Gasteiger partial charge in [-0.2, -0.15) is 0 Å². The van der Waals surface area contributed by atoms with E-state index in [9.17, 15) is 4.39 Å². The van der Waals surface area contributed by atoms with E-state index >= 15 is 0 Å². The van der Waals surface area contributed by atoms with E-state index in [2.05, 4.69) is 5.32 Å². The van der Waals surface area contributed by atoms with Crippen molar-refractivity contribution < 1.29 is 4.39 Å². The number of nitrogens with two attached hydrogens (primary N) is 1. The van der Waals surface area contributed by atoms with Crippen molar-refractivity contribution in [2.24, 2.45) is 5.92 Å². The highest BCUT2D eigenvalue weighted by Gasteiger charge is 2.16. The van der Waals surface area contributed by atoms with Crippen LogP contribution >= 0.6 is 11.8 Å². The van der Waals surface area contributed by atoms with E-state index in [4.69, 9.17) is 5.73 Å². The molecule has 1 aliphatic rings. The number of benzene rings is 1. The normalized spacial score (nSPS) is 16.3. The lowest BCUT2D eigenvalue weighted by molar-refractivity contribution is 0.341. The first-order chi connectivity index (χ1) is 7.25. The molecule has 1 aliphatic heterocycles. The van der Waals surface area contributed by atoms with Gasteiger partial charge in [0.05, 0.1) is 0 Å². The lowest BCUT2D eigenvalue weighted by atomic mass is 10.0. The molecule has 1 heterocycles. The Labute approximate surface area is 93.4 Å². The van der Waals surface area contributed by atoms with Gasteiger partial charge in [-0.1, -0.05) is 0 Å². The lowest BCUT2D eigenvalue weighted by Gasteiger charge is -2.26. The van der Waals surface area contributed by atoms with Gasteiger partial charge in [0, 0.05) is 10.6 Å². The molecule has 1 aromatic carbocycles. The Morgan fingerprint density at radius 3 is 2.93 bits per heavy atom. The maximum Gasteiger partial charge on any atom is 0.124 e. The molecule has 4 heteroatoms. The Kier molecular flexibility index (Phi) is 3.49. The molecule has 82 valence electrons. The van der Waals surface area contributed by atoms with Gasteiger partial charge in [-0.3, -0.25) is 0 Å². The predicted molar refractivity (Wildman–Crippen MR) is 62.5 cm³/mol. The number of hydrogen-bond acceptors (Lipinski definition) is 3.